The van der Waals surface area contributed by atoms with E-state index in [1.807, 2.05) is 42.5 Å². The highest BCUT2D eigenvalue weighted by Crippen LogP contribution is 2.17. The maximum absolute atomic E-state index is 12.0. The van der Waals surface area contributed by atoms with Gasteiger partial charge in [0.25, 0.3) is 0 Å². The van der Waals surface area contributed by atoms with Crippen LogP contribution in [-0.2, 0) is 17.9 Å². The van der Waals surface area contributed by atoms with Crippen molar-refractivity contribution in [3.63, 3.8) is 0 Å². The highest BCUT2D eigenvalue weighted by Gasteiger charge is 2.05. The molecule has 0 fully saturated rings. The summed E-state index contributed by atoms with van der Waals surface area (Å²) in [4.78, 5) is 12.3. The van der Waals surface area contributed by atoms with Gasteiger partial charge >= 0.3 is 0 Å². The number of anilines is 1. The van der Waals surface area contributed by atoms with Crippen LogP contribution in [0, 0.1) is 5.41 Å². The van der Waals surface area contributed by atoms with Crippen LogP contribution in [-0.4, -0.2) is 10.5 Å². The number of amides is 1. The molecule has 1 amide bonds. The molecule has 0 aliphatic rings. The van der Waals surface area contributed by atoms with Crippen LogP contribution in [0.5, 0.6) is 5.75 Å². The number of carbonyl (C=O) groups is 1. The van der Waals surface area contributed by atoms with E-state index in [4.69, 9.17) is 10.1 Å². The van der Waals surface area contributed by atoms with Crippen molar-refractivity contribution in [2.24, 2.45) is 0 Å². The monoisotopic (exact) mass is 339 g/mol. The Kier molecular flexibility index (Phi) is 5.08. The van der Waals surface area contributed by atoms with Crippen molar-refractivity contribution in [1.82, 2.24) is 4.57 Å². The van der Waals surface area contributed by atoms with Gasteiger partial charge in [0.1, 0.15) is 18.9 Å². The standard InChI is InChI=1S/C18H17N3O2S/c19-18-21(10-11-24-18)12-17(22)20-15-6-8-16(9-7-15)23-13-14-4-2-1-3-5-14/h1-11,19H,12-13H2,(H,20,22). The minimum absolute atomic E-state index is 0.134. The number of thiazole rings is 1. The summed E-state index contributed by atoms with van der Waals surface area (Å²) >= 11 is 1.29. The number of carbonyl (C=O) groups excluding carboxylic acids is 1. The average molecular weight is 339 g/mol. The van der Waals surface area contributed by atoms with E-state index in [-0.39, 0.29) is 12.5 Å². The van der Waals surface area contributed by atoms with Gasteiger partial charge in [0.05, 0.1) is 0 Å². The SMILES string of the molecule is N=c1sccn1CC(=O)Nc1ccc(OCc2ccccc2)cc1. The van der Waals surface area contributed by atoms with Crippen molar-refractivity contribution in [1.29, 1.82) is 5.41 Å². The number of ether oxygens (including phenoxy) is 1. The van der Waals surface area contributed by atoms with Gasteiger partial charge in [-0.05, 0) is 29.8 Å². The minimum atomic E-state index is -0.162. The predicted molar refractivity (Wildman–Crippen MR) is 94.0 cm³/mol. The van der Waals surface area contributed by atoms with Gasteiger partial charge in [-0.25, -0.2) is 0 Å². The van der Waals surface area contributed by atoms with Crippen molar-refractivity contribution in [3.8, 4) is 5.75 Å². The summed E-state index contributed by atoms with van der Waals surface area (Å²) in [5.74, 6) is 0.586. The quantitative estimate of drug-likeness (QED) is 0.724. The molecule has 6 heteroatoms. The second-order valence-electron chi connectivity index (χ2n) is 5.18. The molecule has 24 heavy (non-hydrogen) atoms. The Morgan fingerprint density at radius 3 is 2.54 bits per heavy atom. The lowest BCUT2D eigenvalue weighted by Gasteiger charge is -2.09. The van der Waals surface area contributed by atoms with Gasteiger partial charge in [-0.15, -0.1) is 11.3 Å². The van der Waals surface area contributed by atoms with Crippen molar-refractivity contribution in [2.45, 2.75) is 13.2 Å². The molecule has 2 N–H and O–H groups in total. The minimum Gasteiger partial charge on any atom is -0.489 e. The number of hydrogen-bond acceptors (Lipinski definition) is 4. The molecule has 0 spiro atoms. The first-order valence-electron chi connectivity index (χ1n) is 7.46. The fraction of sp³-hybridized carbons (Fsp3) is 0.111. The molecular formula is C18H17N3O2S. The molecule has 0 aliphatic heterocycles. The highest BCUT2D eigenvalue weighted by molar-refractivity contribution is 7.06. The van der Waals surface area contributed by atoms with Crippen LogP contribution >= 0.6 is 11.3 Å². The summed E-state index contributed by atoms with van der Waals surface area (Å²) < 4.78 is 7.31. The fourth-order valence-corrected chi connectivity index (χ4v) is 2.76. The zero-order valence-corrected chi connectivity index (χ0v) is 13.8. The second-order valence-corrected chi connectivity index (χ2v) is 6.08. The van der Waals surface area contributed by atoms with Crippen molar-refractivity contribution >= 4 is 22.9 Å². The van der Waals surface area contributed by atoms with E-state index in [0.717, 1.165) is 11.3 Å². The molecule has 0 bridgehead atoms. The van der Waals surface area contributed by atoms with E-state index in [9.17, 15) is 4.79 Å². The second kappa shape index (κ2) is 7.61. The summed E-state index contributed by atoms with van der Waals surface area (Å²) in [7, 11) is 0. The van der Waals surface area contributed by atoms with Gasteiger partial charge in [-0.1, -0.05) is 30.3 Å². The molecule has 0 saturated carbocycles. The molecule has 5 nitrogen and oxygen atoms in total. The normalized spacial score (nSPS) is 10.3. The van der Waals surface area contributed by atoms with Crippen LogP contribution in [0.2, 0.25) is 0 Å². The summed E-state index contributed by atoms with van der Waals surface area (Å²) in [6, 6.07) is 17.2. The molecular weight excluding hydrogens is 322 g/mol. The highest BCUT2D eigenvalue weighted by atomic mass is 32.1. The first-order chi connectivity index (χ1) is 11.7. The Labute approximate surface area is 143 Å². The van der Waals surface area contributed by atoms with Gasteiger partial charge in [0, 0.05) is 17.3 Å². The zero-order valence-electron chi connectivity index (χ0n) is 12.9. The van der Waals surface area contributed by atoms with Crippen molar-refractivity contribution in [2.75, 3.05) is 5.32 Å². The van der Waals surface area contributed by atoms with Crippen LogP contribution < -0.4 is 14.9 Å². The molecule has 1 aromatic heterocycles. The number of nitrogens with one attached hydrogen (secondary N) is 2. The molecule has 1 heterocycles. The van der Waals surface area contributed by atoms with E-state index in [1.54, 1.807) is 28.3 Å². The number of hydrogen-bond donors (Lipinski definition) is 2. The first kappa shape index (κ1) is 16.0. The zero-order chi connectivity index (χ0) is 16.8. The Bertz CT molecular complexity index is 854. The summed E-state index contributed by atoms with van der Waals surface area (Å²) in [6.07, 6.45) is 1.73. The Balaban J connectivity index is 1.53. The molecule has 0 atom stereocenters. The number of rotatable bonds is 6. The van der Waals surface area contributed by atoms with Gasteiger partial charge in [0.2, 0.25) is 5.91 Å². The van der Waals surface area contributed by atoms with Crippen LogP contribution in [0.3, 0.4) is 0 Å². The largest absolute Gasteiger partial charge is 0.489 e. The lowest BCUT2D eigenvalue weighted by Crippen LogP contribution is -2.23. The third-order valence-corrected chi connectivity index (χ3v) is 4.10. The lowest BCUT2D eigenvalue weighted by atomic mass is 10.2. The number of nitrogens with zero attached hydrogens (tertiary/aromatic N) is 1. The maximum atomic E-state index is 12.0. The topological polar surface area (TPSA) is 67.1 Å². The van der Waals surface area contributed by atoms with Gasteiger partial charge in [0.15, 0.2) is 4.80 Å². The van der Waals surface area contributed by atoms with Crippen molar-refractivity contribution in [3.05, 3.63) is 76.5 Å². The summed E-state index contributed by atoms with van der Waals surface area (Å²) in [5.41, 5.74) is 1.81. The van der Waals surface area contributed by atoms with Gasteiger partial charge < -0.3 is 14.6 Å². The van der Waals surface area contributed by atoms with Crippen molar-refractivity contribution < 1.29 is 9.53 Å². The Hall–Kier alpha value is -2.86. The third kappa shape index (κ3) is 4.33. The lowest BCUT2D eigenvalue weighted by molar-refractivity contribution is -0.116. The van der Waals surface area contributed by atoms with E-state index >= 15 is 0 Å². The van der Waals surface area contributed by atoms with E-state index in [2.05, 4.69) is 5.32 Å². The molecule has 0 aliphatic carbocycles. The van der Waals surface area contributed by atoms with E-state index < -0.39 is 0 Å². The molecule has 2 aromatic carbocycles. The van der Waals surface area contributed by atoms with Crippen LogP contribution in [0.1, 0.15) is 5.56 Å². The molecule has 122 valence electrons. The molecule has 0 radical (unpaired) electrons. The van der Waals surface area contributed by atoms with Gasteiger partial charge in [-0.2, -0.15) is 0 Å². The number of benzene rings is 2. The van der Waals surface area contributed by atoms with E-state index in [1.165, 1.54) is 11.3 Å². The smallest absolute Gasteiger partial charge is 0.244 e. The van der Waals surface area contributed by atoms with E-state index in [0.29, 0.717) is 17.1 Å². The third-order valence-electron chi connectivity index (χ3n) is 3.38. The predicted octanol–water partition coefficient (Wildman–Crippen LogP) is 3.25. The molecule has 0 unspecified atom stereocenters. The van der Waals surface area contributed by atoms with Gasteiger partial charge in [-0.3, -0.25) is 10.2 Å². The van der Waals surface area contributed by atoms with Crippen LogP contribution in [0.25, 0.3) is 0 Å². The van der Waals surface area contributed by atoms with Crippen LogP contribution in [0.15, 0.2) is 66.2 Å². The molecule has 3 rings (SSSR count). The molecule has 0 saturated heterocycles. The number of aromatic nitrogens is 1. The summed E-state index contributed by atoms with van der Waals surface area (Å²) in [6.45, 7) is 0.641. The Morgan fingerprint density at radius 2 is 1.88 bits per heavy atom. The van der Waals surface area contributed by atoms with Crippen LogP contribution in [0.4, 0.5) is 5.69 Å². The first-order valence-corrected chi connectivity index (χ1v) is 8.34. The fourth-order valence-electron chi connectivity index (χ4n) is 2.16. The maximum Gasteiger partial charge on any atom is 0.244 e. The summed E-state index contributed by atoms with van der Waals surface area (Å²) in [5, 5.41) is 12.3. The Morgan fingerprint density at radius 1 is 1.12 bits per heavy atom. The molecule has 3 aromatic rings. The average Bonchev–Trinajstić information content (AvgIpc) is 3.00.